The second kappa shape index (κ2) is 6.36. The average Bonchev–Trinajstić information content (AvgIpc) is 2.46. The Morgan fingerprint density at radius 1 is 1.21 bits per heavy atom. The van der Waals surface area contributed by atoms with Gasteiger partial charge in [0, 0.05) is 28.9 Å². The minimum absolute atomic E-state index is 0.0679. The van der Waals surface area contributed by atoms with Crippen LogP contribution in [0.3, 0.4) is 0 Å². The van der Waals surface area contributed by atoms with Gasteiger partial charge in [0.25, 0.3) is 0 Å². The van der Waals surface area contributed by atoms with Crippen LogP contribution in [-0.2, 0) is 4.74 Å². The Balaban J connectivity index is 2.37. The highest BCUT2D eigenvalue weighted by molar-refractivity contribution is 6.31. The van der Waals surface area contributed by atoms with Crippen molar-refractivity contribution in [1.82, 2.24) is 0 Å². The van der Waals surface area contributed by atoms with Gasteiger partial charge in [-0.05, 0) is 18.2 Å². The average molecular weight is 276 g/mol. The van der Waals surface area contributed by atoms with Crippen molar-refractivity contribution >= 4 is 23.1 Å². The minimum Gasteiger partial charge on any atom is -0.365 e. The fraction of sp³-hybridized carbons (Fsp3) is 0.133. The Bertz CT molecular complexity index is 570. The minimum atomic E-state index is -0.0679. The third-order valence-electron chi connectivity index (χ3n) is 2.67. The topological polar surface area (TPSA) is 38.3 Å². The zero-order valence-electron chi connectivity index (χ0n) is 10.5. The van der Waals surface area contributed by atoms with Gasteiger partial charge >= 0.3 is 0 Å². The van der Waals surface area contributed by atoms with Gasteiger partial charge in [0.05, 0.1) is 0 Å². The van der Waals surface area contributed by atoms with Crippen LogP contribution in [0.5, 0.6) is 0 Å². The summed E-state index contributed by atoms with van der Waals surface area (Å²) in [7, 11) is 1.58. The van der Waals surface area contributed by atoms with Crippen molar-refractivity contribution in [2.24, 2.45) is 0 Å². The molecule has 0 saturated carbocycles. The van der Waals surface area contributed by atoms with Gasteiger partial charge in [0.15, 0.2) is 5.78 Å². The van der Waals surface area contributed by atoms with Crippen LogP contribution in [0.2, 0.25) is 5.02 Å². The quantitative estimate of drug-likeness (QED) is 0.669. The number of hydrogen-bond donors (Lipinski definition) is 1. The van der Waals surface area contributed by atoms with Crippen LogP contribution in [0.15, 0.2) is 48.5 Å². The van der Waals surface area contributed by atoms with Crippen molar-refractivity contribution in [1.29, 1.82) is 0 Å². The molecule has 0 fully saturated rings. The van der Waals surface area contributed by atoms with E-state index in [0.717, 1.165) is 0 Å². The fourth-order valence-corrected chi connectivity index (χ4v) is 1.93. The second-order valence-electron chi connectivity index (χ2n) is 3.99. The van der Waals surface area contributed by atoms with Gasteiger partial charge in [-0.1, -0.05) is 41.9 Å². The molecule has 98 valence electrons. The molecule has 0 aliphatic heterocycles. The number of carbonyl (C=O) groups is 1. The molecule has 0 spiro atoms. The standard InChI is InChI=1S/C15H14ClNO2/c1-19-10-17-14-8-7-12(16)9-13(14)15(18)11-5-3-2-4-6-11/h2-9,17H,10H2,1H3. The number of halogens is 1. The first-order chi connectivity index (χ1) is 9.22. The van der Waals surface area contributed by atoms with Gasteiger partial charge in [-0.3, -0.25) is 4.79 Å². The maximum atomic E-state index is 12.4. The number of carbonyl (C=O) groups excluding carboxylic acids is 1. The third kappa shape index (κ3) is 3.34. The molecule has 0 aliphatic carbocycles. The van der Waals surface area contributed by atoms with Crippen LogP contribution in [0.1, 0.15) is 15.9 Å². The molecule has 2 aromatic rings. The van der Waals surface area contributed by atoms with Crippen molar-refractivity contribution in [2.75, 3.05) is 19.2 Å². The summed E-state index contributed by atoms with van der Waals surface area (Å²) in [6, 6.07) is 14.3. The predicted octanol–water partition coefficient (Wildman–Crippen LogP) is 3.59. The summed E-state index contributed by atoms with van der Waals surface area (Å²) in [6.45, 7) is 0.330. The summed E-state index contributed by atoms with van der Waals surface area (Å²) in [4.78, 5) is 12.4. The molecular formula is C15H14ClNO2. The van der Waals surface area contributed by atoms with E-state index in [9.17, 15) is 4.79 Å². The lowest BCUT2D eigenvalue weighted by atomic mass is 10.0. The molecule has 0 amide bonds. The van der Waals surface area contributed by atoms with Gasteiger partial charge in [0.2, 0.25) is 0 Å². The maximum absolute atomic E-state index is 12.4. The van der Waals surface area contributed by atoms with Gasteiger partial charge in [-0.15, -0.1) is 0 Å². The molecule has 0 saturated heterocycles. The number of benzene rings is 2. The summed E-state index contributed by atoms with van der Waals surface area (Å²) in [5, 5.41) is 3.57. The highest BCUT2D eigenvalue weighted by Gasteiger charge is 2.13. The first-order valence-corrected chi connectivity index (χ1v) is 6.22. The first kappa shape index (κ1) is 13.6. The lowest BCUT2D eigenvalue weighted by Crippen LogP contribution is -2.09. The molecule has 1 N–H and O–H groups in total. The van der Waals surface area contributed by atoms with E-state index < -0.39 is 0 Å². The molecule has 0 unspecified atom stereocenters. The Morgan fingerprint density at radius 2 is 1.95 bits per heavy atom. The van der Waals surface area contributed by atoms with Crippen LogP contribution < -0.4 is 5.32 Å². The van der Waals surface area contributed by atoms with Gasteiger partial charge in [-0.2, -0.15) is 0 Å². The highest BCUT2D eigenvalue weighted by Crippen LogP contribution is 2.23. The van der Waals surface area contributed by atoms with E-state index in [1.165, 1.54) is 0 Å². The van der Waals surface area contributed by atoms with Crippen LogP contribution in [0.4, 0.5) is 5.69 Å². The van der Waals surface area contributed by atoms with E-state index in [-0.39, 0.29) is 5.78 Å². The maximum Gasteiger partial charge on any atom is 0.195 e. The number of nitrogens with one attached hydrogen (secondary N) is 1. The van der Waals surface area contributed by atoms with E-state index in [1.54, 1.807) is 37.4 Å². The summed E-state index contributed by atoms with van der Waals surface area (Å²) in [5.41, 5.74) is 1.88. The molecule has 3 nitrogen and oxygen atoms in total. The smallest absolute Gasteiger partial charge is 0.195 e. The SMILES string of the molecule is COCNc1ccc(Cl)cc1C(=O)c1ccccc1. The van der Waals surface area contributed by atoms with E-state index in [1.807, 2.05) is 18.2 Å². The Morgan fingerprint density at radius 3 is 2.63 bits per heavy atom. The highest BCUT2D eigenvalue weighted by atomic mass is 35.5. The van der Waals surface area contributed by atoms with Crippen molar-refractivity contribution < 1.29 is 9.53 Å². The molecule has 19 heavy (non-hydrogen) atoms. The molecule has 0 heterocycles. The molecule has 0 radical (unpaired) electrons. The molecular weight excluding hydrogens is 262 g/mol. The van der Waals surface area contributed by atoms with Crippen molar-refractivity contribution in [3.63, 3.8) is 0 Å². The third-order valence-corrected chi connectivity index (χ3v) is 2.90. The zero-order valence-corrected chi connectivity index (χ0v) is 11.3. The zero-order chi connectivity index (χ0) is 13.7. The summed E-state index contributed by atoms with van der Waals surface area (Å²) < 4.78 is 4.96. The van der Waals surface area contributed by atoms with E-state index in [2.05, 4.69) is 5.32 Å². The summed E-state index contributed by atoms with van der Waals surface area (Å²) in [6.07, 6.45) is 0. The van der Waals surface area contributed by atoms with Crippen molar-refractivity contribution in [2.45, 2.75) is 0 Å². The summed E-state index contributed by atoms with van der Waals surface area (Å²) >= 11 is 5.97. The summed E-state index contributed by atoms with van der Waals surface area (Å²) in [5.74, 6) is -0.0679. The first-order valence-electron chi connectivity index (χ1n) is 5.84. The second-order valence-corrected chi connectivity index (χ2v) is 4.43. The Hall–Kier alpha value is -1.84. The number of methoxy groups -OCH3 is 1. The number of anilines is 1. The number of rotatable bonds is 5. The van der Waals surface area contributed by atoms with Crippen LogP contribution in [0.25, 0.3) is 0 Å². The Kier molecular flexibility index (Phi) is 4.55. The number of ketones is 1. The van der Waals surface area contributed by atoms with Crippen LogP contribution >= 0.6 is 11.6 Å². The largest absolute Gasteiger partial charge is 0.365 e. The van der Waals surface area contributed by atoms with Gasteiger partial charge < -0.3 is 10.1 Å². The molecule has 0 aromatic heterocycles. The van der Waals surface area contributed by atoms with Gasteiger partial charge in [-0.25, -0.2) is 0 Å². The van der Waals surface area contributed by atoms with Crippen LogP contribution in [0, 0.1) is 0 Å². The number of hydrogen-bond acceptors (Lipinski definition) is 3. The molecule has 0 atom stereocenters. The lowest BCUT2D eigenvalue weighted by molar-refractivity contribution is 0.103. The van der Waals surface area contributed by atoms with Gasteiger partial charge in [0.1, 0.15) is 6.73 Å². The molecule has 0 bridgehead atoms. The lowest BCUT2D eigenvalue weighted by Gasteiger charge is -2.11. The van der Waals surface area contributed by atoms with E-state index in [0.29, 0.717) is 28.6 Å². The molecule has 2 rings (SSSR count). The molecule has 0 aliphatic rings. The van der Waals surface area contributed by atoms with Crippen molar-refractivity contribution in [3.05, 3.63) is 64.7 Å². The fourth-order valence-electron chi connectivity index (χ4n) is 1.75. The van der Waals surface area contributed by atoms with E-state index >= 15 is 0 Å². The van der Waals surface area contributed by atoms with E-state index in [4.69, 9.17) is 16.3 Å². The number of ether oxygens (including phenoxy) is 1. The monoisotopic (exact) mass is 275 g/mol. The van der Waals surface area contributed by atoms with Crippen molar-refractivity contribution in [3.8, 4) is 0 Å². The Labute approximate surface area is 117 Å². The molecule has 4 heteroatoms. The predicted molar refractivity (Wildman–Crippen MR) is 76.8 cm³/mol. The molecule has 2 aromatic carbocycles. The van der Waals surface area contributed by atoms with Crippen LogP contribution in [-0.4, -0.2) is 19.6 Å². The normalized spacial score (nSPS) is 10.2.